The number of methoxy groups -OCH3 is 2. The van der Waals surface area contributed by atoms with Crippen molar-refractivity contribution < 1.29 is 19.1 Å². The summed E-state index contributed by atoms with van der Waals surface area (Å²) in [6.45, 7) is 1.35. The van der Waals surface area contributed by atoms with Gasteiger partial charge in [-0.05, 0) is 6.92 Å². The predicted molar refractivity (Wildman–Crippen MR) is 74.2 cm³/mol. The summed E-state index contributed by atoms with van der Waals surface area (Å²) in [7, 11) is 2.92. The molecule has 0 fully saturated rings. The Kier molecular flexibility index (Phi) is 8.09. The van der Waals surface area contributed by atoms with E-state index in [4.69, 9.17) is 21.1 Å². The van der Waals surface area contributed by atoms with Crippen molar-refractivity contribution in [2.24, 2.45) is 0 Å². The molecule has 1 N–H and O–H groups in total. The van der Waals surface area contributed by atoms with Crippen LogP contribution < -0.4 is 14.8 Å². The van der Waals surface area contributed by atoms with Gasteiger partial charge in [-0.1, -0.05) is 11.6 Å². The Labute approximate surface area is 138 Å². The van der Waals surface area contributed by atoms with Crippen LogP contribution in [-0.4, -0.2) is 55.5 Å². The van der Waals surface area contributed by atoms with E-state index < -0.39 is 5.91 Å². The minimum atomic E-state index is -0.412. The van der Waals surface area contributed by atoms with E-state index >= 15 is 0 Å². The van der Waals surface area contributed by atoms with Gasteiger partial charge in [0.2, 0.25) is 5.91 Å². The number of nitrogens with one attached hydrogen (secondary N) is 1. The number of carbonyl (C=O) groups is 2. The molecular formula is C12H14ClNNaO4. The maximum Gasteiger partial charge on any atom is 0.231 e. The van der Waals surface area contributed by atoms with Crippen LogP contribution in [0.4, 0.5) is 5.69 Å². The van der Waals surface area contributed by atoms with Crippen molar-refractivity contribution in [3.05, 3.63) is 17.2 Å². The first-order valence-corrected chi connectivity index (χ1v) is 5.56. The van der Waals surface area contributed by atoms with Gasteiger partial charge in [-0.2, -0.15) is 0 Å². The summed E-state index contributed by atoms with van der Waals surface area (Å²) in [4.78, 5) is 22.4. The van der Waals surface area contributed by atoms with Crippen LogP contribution in [0.2, 0.25) is 5.02 Å². The third-order valence-electron chi connectivity index (χ3n) is 2.16. The largest absolute Gasteiger partial charge is 0.495 e. The first-order valence-electron chi connectivity index (χ1n) is 5.18. The third kappa shape index (κ3) is 5.40. The molecule has 7 heteroatoms. The summed E-state index contributed by atoms with van der Waals surface area (Å²) in [5, 5.41) is 2.95. The van der Waals surface area contributed by atoms with Crippen molar-refractivity contribution in [2.75, 3.05) is 19.5 Å². The second-order valence-corrected chi connectivity index (χ2v) is 4.02. The fraction of sp³-hybridized carbons (Fsp3) is 0.333. The fourth-order valence-electron chi connectivity index (χ4n) is 1.38. The van der Waals surface area contributed by atoms with E-state index in [0.717, 1.165) is 0 Å². The molecule has 1 radical (unpaired) electrons. The van der Waals surface area contributed by atoms with E-state index in [1.807, 2.05) is 0 Å². The van der Waals surface area contributed by atoms with E-state index in [9.17, 15) is 9.59 Å². The minimum Gasteiger partial charge on any atom is -0.495 e. The standard InChI is InChI=1S/C12H14ClNO4.Na/c1-7(15)4-12(16)14-9-6-10(17-2)8(13)5-11(9)18-3;/h5-6H,4H2,1-3H3,(H,14,16);. The first kappa shape index (κ1) is 18.2. The van der Waals surface area contributed by atoms with Crippen LogP contribution in [0.15, 0.2) is 12.1 Å². The molecular weight excluding hydrogens is 281 g/mol. The van der Waals surface area contributed by atoms with Crippen molar-refractivity contribution in [2.45, 2.75) is 13.3 Å². The normalized spacial score (nSPS) is 9.26. The van der Waals surface area contributed by atoms with E-state index in [1.165, 1.54) is 27.2 Å². The molecule has 0 unspecified atom stereocenters. The van der Waals surface area contributed by atoms with E-state index in [0.29, 0.717) is 22.2 Å². The van der Waals surface area contributed by atoms with Crippen LogP contribution in [0.25, 0.3) is 0 Å². The van der Waals surface area contributed by atoms with E-state index in [-0.39, 0.29) is 41.8 Å². The number of carbonyl (C=O) groups excluding carboxylic acids is 2. The molecule has 0 saturated heterocycles. The monoisotopic (exact) mass is 294 g/mol. The zero-order valence-electron chi connectivity index (χ0n) is 11.4. The molecule has 1 aromatic carbocycles. The molecule has 19 heavy (non-hydrogen) atoms. The molecule has 0 aliphatic carbocycles. The smallest absolute Gasteiger partial charge is 0.231 e. The molecule has 0 aromatic heterocycles. The summed E-state index contributed by atoms with van der Waals surface area (Å²) in [6.07, 6.45) is -0.186. The number of rotatable bonds is 5. The Hall–Kier alpha value is -0.750. The molecule has 0 aliphatic heterocycles. The van der Waals surface area contributed by atoms with Gasteiger partial charge >= 0.3 is 0 Å². The van der Waals surface area contributed by atoms with Crippen LogP contribution in [0.3, 0.4) is 0 Å². The Morgan fingerprint density at radius 1 is 1.21 bits per heavy atom. The van der Waals surface area contributed by atoms with Crippen molar-refractivity contribution in [1.82, 2.24) is 0 Å². The van der Waals surface area contributed by atoms with Gasteiger partial charge in [0.05, 0.1) is 31.4 Å². The molecule has 1 rings (SSSR count). The molecule has 1 amide bonds. The van der Waals surface area contributed by atoms with Gasteiger partial charge in [-0.3, -0.25) is 9.59 Å². The Balaban J connectivity index is 0.00000324. The summed E-state index contributed by atoms with van der Waals surface area (Å²) in [5.74, 6) is 0.186. The number of anilines is 1. The number of ketones is 1. The fourth-order valence-corrected chi connectivity index (χ4v) is 1.61. The van der Waals surface area contributed by atoms with Crippen LogP contribution >= 0.6 is 11.6 Å². The molecule has 0 heterocycles. The van der Waals surface area contributed by atoms with Gasteiger partial charge < -0.3 is 14.8 Å². The second-order valence-electron chi connectivity index (χ2n) is 3.61. The van der Waals surface area contributed by atoms with Crippen molar-refractivity contribution in [3.63, 3.8) is 0 Å². The predicted octanol–water partition coefficient (Wildman–Crippen LogP) is 1.89. The number of ether oxygens (including phenoxy) is 2. The number of Topliss-reactive ketones (excluding diaryl/α,β-unsaturated/α-hetero) is 1. The zero-order valence-corrected chi connectivity index (χ0v) is 14.1. The maximum absolute atomic E-state index is 11.5. The van der Waals surface area contributed by atoms with Crippen LogP contribution in [0.1, 0.15) is 13.3 Å². The van der Waals surface area contributed by atoms with E-state index in [2.05, 4.69) is 5.32 Å². The quantitative estimate of drug-likeness (QED) is 0.665. The Bertz CT molecular complexity index is 479. The molecule has 0 aliphatic rings. The molecule has 5 nitrogen and oxygen atoms in total. The van der Waals surface area contributed by atoms with Crippen LogP contribution in [0.5, 0.6) is 11.5 Å². The van der Waals surface area contributed by atoms with Crippen molar-refractivity contribution in [1.29, 1.82) is 0 Å². The number of halogens is 1. The van der Waals surface area contributed by atoms with E-state index in [1.54, 1.807) is 6.07 Å². The topological polar surface area (TPSA) is 64.6 Å². The minimum absolute atomic E-state index is 0. The molecule has 0 bridgehead atoms. The average molecular weight is 295 g/mol. The van der Waals surface area contributed by atoms with Crippen LogP contribution in [0, 0.1) is 0 Å². The molecule has 0 atom stereocenters. The van der Waals surface area contributed by atoms with Gasteiger partial charge in [0.25, 0.3) is 0 Å². The Morgan fingerprint density at radius 3 is 2.26 bits per heavy atom. The third-order valence-corrected chi connectivity index (χ3v) is 2.45. The van der Waals surface area contributed by atoms with Crippen molar-refractivity contribution in [3.8, 4) is 11.5 Å². The first-order chi connectivity index (χ1) is 8.47. The summed E-state index contributed by atoms with van der Waals surface area (Å²) < 4.78 is 10.1. The summed E-state index contributed by atoms with van der Waals surface area (Å²) in [6, 6.07) is 3.07. The second kappa shape index (κ2) is 8.43. The molecule has 1 aromatic rings. The van der Waals surface area contributed by atoms with Crippen molar-refractivity contribution >= 4 is 58.5 Å². The number of benzene rings is 1. The number of amides is 1. The number of hydrogen-bond acceptors (Lipinski definition) is 4. The average Bonchev–Trinajstić information content (AvgIpc) is 2.29. The number of hydrogen-bond donors (Lipinski definition) is 1. The molecule has 0 saturated carbocycles. The maximum atomic E-state index is 11.5. The molecule has 0 spiro atoms. The van der Waals surface area contributed by atoms with Gasteiger partial charge in [0.1, 0.15) is 17.3 Å². The van der Waals surface area contributed by atoms with Gasteiger partial charge in [0, 0.05) is 41.7 Å². The van der Waals surface area contributed by atoms with Gasteiger partial charge in [-0.25, -0.2) is 0 Å². The van der Waals surface area contributed by atoms with Crippen LogP contribution in [-0.2, 0) is 9.59 Å². The van der Waals surface area contributed by atoms with Gasteiger partial charge in [-0.15, -0.1) is 0 Å². The summed E-state index contributed by atoms with van der Waals surface area (Å²) in [5.41, 5.74) is 0.407. The Morgan fingerprint density at radius 2 is 1.79 bits per heavy atom. The zero-order chi connectivity index (χ0) is 13.7. The van der Waals surface area contributed by atoms with Gasteiger partial charge in [0.15, 0.2) is 0 Å². The summed E-state index contributed by atoms with van der Waals surface area (Å²) >= 11 is 5.93. The SMILES string of the molecule is COc1cc(NC(=O)CC(C)=O)c(OC)cc1Cl.[Na]. The molecule has 99 valence electrons.